The first kappa shape index (κ1) is 14.5. The third-order valence-corrected chi connectivity index (χ3v) is 3.17. The van der Waals surface area contributed by atoms with Crippen LogP contribution < -0.4 is 5.32 Å². The van der Waals surface area contributed by atoms with Gasteiger partial charge < -0.3 is 9.73 Å². The van der Waals surface area contributed by atoms with Crippen LogP contribution in [-0.4, -0.2) is 9.91 Å². The largest absolute Gasteiger partial charge is 0.444 e. The van der Waals surface area contributed by atoms with Gasteiger partial charge in [-0.15, -0.1) is 0 Å². The first-order valence-corrected chi connectivity index (χ1v) is 6.55. The van der Waals surface area contributed by atoms with Crippen LogP contribution >= 0.6 is 11.6 Å². The van der Waals surface area contributed by atoms with Gasteiger partial charge in [0.2, 0.25) is 5.89 Å². The molecule has 7 heteroatoms. The predicted molar refractivity (Wildman–Crippen MR) is 74.5 cm³/mol. The van der Waals surface area contributed by atoms with E-state index in [2.05, 4.69) is 10.3 Å². The average molecular weight is 296 g/mol. The Morgan fingerprint density at radius 1 is 1.45 bits per heavy atom. The monoisotopic (exact) mass is 295 g/mol. The number of benzene rings is 1. The van der Waals surface area contributed by atoms with E-state index in [9.17, 15) is 10.1 Å². The van der Waals surface area contributed by atoms with Crippen molar-refractivity contribution in [1.82, 2.24) is 10.3 Å². The van der Waals surface area contributed by atoms with Crippen molar-refractivity contribution in [3.05, 3.63) is 56.7 Å². The van der Waals surface area contributed by atoms with Crippen molar-refractivity contribution in [3.63, 3.8) is 0 Å². The minimum atomic E-state index is -0.441. The first-order valence-electron chi connectivity index (χ1n) is 6.18. The Labute approximate surface area is 120 Å². The van der Waals surface area contributed by atoms with Crippen LogP contribution in [0.2, 0.25) is 5.02 Å². The molecule has 1 heterocycles. The molecule has 1 aromatic carbocycles. The van der Waals surface area contributed by atoms with Crippen molar-refractivity contribution in [2.75, 3.05) is 0 Å². The van der Waals surface area contributed by atoms with Gasteiger partial charge in [-0.3, -0.25) is 10.1 Å². The standard InChI is InChI=1S/C13H14ClN3O3/c1-2-9-6-16-13(20-9)8-15-7-10-11(14)4-3-5-12(10)17(18)19/h3-6,15H,2,7-8H2,1H3. The molecule has 0 saturated heterocycles. The Balaban J connectivity index is 2.02. The molecule has 0 atom stereocenters. The molecule has 0 aliphatic rings. The number of nitrogens with zero attached hydrogens (tertiary/aromatic N) is 2. The average Bonchev–Trinajstić information content (AvgIpc) is 2.88. The molecule has 6 nitrogen and oxygen atoms in total. The summed E-state index contributed by atoms with van der Waals surface area (Å²) in [6, 6.07) is 4.63. The third kappa shape index (κ3) is 3.34. The number of rotatable bonds is 6. The van der Waals surface area contributed by atoms with Gasteiger partial charge in [-0.25, -0.2) is 4.98 Å². The summed E-state index contributed by atoms with van der Waals surface area (Å²) in [6.45, 7) is 2.65. The summed E-state index contributed by atoms with van der Waals surface area (Å²) in [7, 11) is 0. The number of nitro groups is 1. The maximum atomic E-state index is 10.9. The lowest BCUT2D eigenvalue weighted by Crippen LogP contribution is -2.14. The van der Waals surface area contributed by atoms with Crippen LogP contribution in [0.1, 0.15) is 24.1 Å². The minimum absolute atomic E-state index is 0.00616. The summed E-state index contributed by atoms with van der Waals surface area (Å²) in [6.07, 6.45) is 2.46. The summed E-state index contributed by atoms with van der Waals surface area (Å²) in [4.78, 5) is 14.6. The van der Waals surface area contributed by atoms with Crippen LogP contribution in [0.3, 0.4) is 0 Å². The van der Waals surface area contributed by atoms with Crippen LogP contribution in [0.5, 0.6) is 0 Å². The molecule has 0 bridgehead atoms. The molecular formula is C13H14ClN3O3. The van der Waals surface area contributed by atoms with E-state index in [1.807, 2.05) is 6.92 Å². The lowest BCUT2D eigenvalue weighted by atomic mass is 10.2. The summed E-state index contributed by atoms with van der Waals surface area (Å²) in [5.41, 5.74) is 0.466. The van der Waals surface area contributed by atoms with Crippen LogP contribution in [0.15, 0.2) is 28.8 Å². The molecule has 0 saturated carbocycles. The van der Waals surface area contributed by atoms with Gasteiger partial charge in [0.15, 0.2) is 0 Å². The second kappa shape index (κ2) is 6.49. The fourth-order valence-corrected chi connectivity index (χ4v) is 2.02. The van der Waals surface area contributed by atoms with Gasteiger partial charge in [0.05, 0.1) is 28.3 Å². The highest BCUT2D eigenvalue weighted by Crippen LogP contribution is 2.25. The lowest BCUT2D eigenvalue weighted by Gasteiger charge is -2.06. The van der Waals surface area contributed by atoms with Crippen molar-refractivity contribution in [3.8, 4) is 0 Å². The second-order valence-electron chi connectivity index (χ2n) is 4.17. The summed E-state index contributed by atoms with van der Waals surface area (Å²) >= 11 is 6.00. The first-order chi connectivity index (χ1) is 9.61. The second-order valence-corrected chi connectivity index (χ2v) is 4.58. The summed E-state index contributed by atoms with van der Waals surface area (Å²) in [5, 5.41) is 14.4. The fourth-order valence-electron chi connectivity index (χ4n) is 1.78. The summed E-state index contributed by atoms with van der Waals surface area (Å²) in [5.74, 6) is 1.36. The highest BCUT2D eigenvalue weighted by atomic mass is 35.5. The van der Waals surface area contributed by atoms with Crippen molar-refractivity contribution in [2.45, 2.75) is 26.4 Å². The Morgan fingerprint density at radius 2 is 2.25 bits per heavy atom. The van der Waals surface area contributed by atoms with E-state index in [1.54, 1.807) is 18.3 Å². The van der Waals surface area contributed by atoms with E-state index < -0.39 is 4.92 Å². The highest BCUT2D eigenvalue weighted by Gasteiger charge is 2.16. The number of nitro benzene ring substituents is 1. The predicted octanol–water partition coefficient (Wildman–Crippen LogP) is 3.09. The Hall–Kier alpha value is -1.92. The molecule has 0 spiro atoms. The van der Waals surface area contributed by atoms with Gasteiger partial charge >= 0.3 is 0 Å². The number of aromatic nitrogens is 1. The fraction of sp³-hybridized carbons (Fsp3) is 0.308. The van der Waals surface area contributed by atoms with Gasteiger partial charge in [-0.2, -0.15) is 0 Å². The molecule has 0 aliphatic heterocycles. The van der Waals surface area contributed by atoms with Crippen molar-refractivity contribution in [2.24, 2.45) is 0 Å². The maximum absolute atomic E-state index is 10.9. The van der Waals surface area contributed by atoms with Gasteiger partial charge in [0, 0.05) is 19.0 Å². The van der Waals surface area contributed by atoms with Crippen LogP contribution in [0.25, 0.3) is 0 Å². The molecule has 2 rings (SSSR count). The molecule has 1 aromatic heterocycles. The van der Waals surface area contributed by atoms with Crippen molar-refractivity contribution in [1.29, 1.82) is 0 Å². The number of aryl methyl sites for hydroxylation is 1. The Kier molecular flexibility index (Phi) is 4.70. The number of halogens is 1. The van der Waals surface area contributed by atoms with Crippen LogP contribution in [0, 0.1) is 10.1 Å². The molecule has 0 fully saturated rings. The van der Waals surface area contributed by atoms with Crippen molar-refractivity contribution < 1.29 is 9.34 Å². The molecule has 2 aromatic rings. The molecular weight excluding hydrogens is 282 g/mol. The van der Waals surface area contributed by atoms with E-state index in [0.717, 1.165) is 12.2 Å². The highest BCUT2D eigenvalue weighted by molar-refractivity contribution is 6.31. The zero-order valence-electron chi connectivity index (χ0n) is 10.9. The maximum Gasteiger partial charge on any atom is 0.275 e. The quantitative estimate of drug-likeness (QED) is 0.654. The van der Waals surface area contributed by atoms with E-state index >= 15 is 0 Å². The van der Waals surface area contributed by atoms with Gasteiger partial charge in [-0.05, 0) is 6.07 Å². The van der Waals surface area contributed by atoms with Crippen LogP contribution in [-0.2, 0) is 19.5 Å². The topological polar surface area (TPSA) is 81.2 Å². The van der Waals surface area contributed by atoms with E-state index in [4.69, 9.17) is 16.0 Å². The molecule has 0 aliphatic carbocycles. The van der Waals surface area contributed by atoms with Crippen molar-refractivity contribution >= 4 is 17.3 Å². The molecule has 106 valence electrons. The molecule has 1 N–H and O–H groups in total. The SMILES string of the molecule is CCc1cnc(CNCc2c(Cl)cccc2[N+](=O)[O-])o1. The Morgan fingerprint density at radius 3 is 2.90 bits per heavy atom. The Bertz CT molecular complexity index is 613. The molecule has 20 heavy (non-hydrogen) atoms. The lowest BCUT2D eigenvalue weighted by molar-refractivity contribution is -0.385. The smallest absolute Gasteiger partial charge is 0.275 e. The van der Waals surface area contributed by atoms with Crippen LogP contribution in [0.4, 0.5) is 5.69 Å². The number of oxazole rings is 1. The van der Waals surface area contributed by atoms with Gasteiger partial charge in [0.1, 0.15) is 5.76 Å². The molecule has 0 unspecified atom stereocenters. The number of hydrogen-bond donors (Lipinski definition) is 1. The van der Waals surface area contributed by atoms with E-state index in [-0.39, 0.29) is 12.2 Å². The number of hydrogen-bond acceptors (Lipinski definition) is 5. The molecule has 0 amide bonds. The third-order valence-electron chi connectivity index (χ3n) is 2.82. The normalized spacial score (nSPS) is 10.7. The molecule has 0 radical (unpaired) electrons. The van der Waals surface area contributed by atoms with E-state index in [0.29, 0.717) is 23.0 Å². The van der Waals surface area contributed by atoms with Gasteiger partial charge in [0.25, 0.3) is 5.69 Å². The summed E-state index contributed by atoms with van der Waals surface area (Å²) < 4.78 is 5.44. The minimum Gasteiger partial charge on any atom is -0.444 e. The zero-order chi connectivity index (χ0) is 14.5. The van der Waals surface area contributed by atoms with E-state index in [1.165, 1.54) is 6.07 Å². The number of nitrogens with one attached hydrogen (secondary N) is 1. The van der Waals surface area contributed by atoms with Gasteiger partial charge in [-0.1, -0.05) is 24.6 Å². The zero-order valence-corrected chi connectivity index (χ0v) is 11.7.